The Labute approximate surface area is 77.4 Å². The van der Waals surface area contributed by atoms with Crippen molar-refractivity contribution in [3.8, 4) is 0 Å². The number of carbonyl (C=O) groups is 1. The smallest absolute Gasteiger partial charge is 0.320 e. The summed E-state index contributed by atoms with van der Waals surface area (Å²) in [5.41, 5.74) is 1.15. The van der Waals surface area contributed by atoms with Gasteiger partial charge in [0, 0.05) is 13.2 Å². The van der Waals surface area contributed by atoms with Crippen molar-refractivity contribution in [1.29, 1.82) is 0 Å². The van der Waals surface area contributed by atoms with Crippen molar-refractivity contribution in [3.63, 3.8) is 0 Å². The number of aryl methyl sites for hydroxylation is 1. The Hall–Kier alpha value is -1.58. The van der Waals surface area contributed by atoms with Gasteiger partial charge in [-0.05, 0) is 24.1 Å². The lowest BCUT2D eigenvalue weighted by Crippen LogP contribution is -2.24. The number of pyridine rings is 1. The maximum Gasteiger partial charge on any atom is 0.320 e. The van der Waals surface area contributed by atoms with Crippen LogP contribution in [0.5, 0.6) is 0 Å². The minimum absolute atomic E-state index is 0.249. The molecule has 0 spiro atoms. The molecule has 0 aromatic carbocycles. The standard InChI is InChI=1S/C9H13N3O/c1-3-7-4-5-11-8(6-7)12-9(13)10-2/h4-6H,3H2,1-2H3,(H2,10,11,12,13). The molecule has 0 saturated heterocycles. The highest BCUT2D eigenvalue weighted by molar-refractivity contribution is 5.87. The van der Waals surface area contributed by atoms with Gasteiger partial charge in [0.15, 0.2) is 0 Å². The summed E-state index contributed by atoms with van der Waals surface area (Å²) in [4.78, 5) is 14.9. The normalized spacial score (nSPS) is 9.38. The lowest BCUT2D eigenvalue weighted by Gasteiger charge is -2.03. The van der Waals surface area contributed by atoms with E-state index >= 15 is 0 Å². The topological polar surface area (TPSA) is 54.0 Å². The van der Waals surface area contributed by atoms with Gasteiger partial charge in [-0.25, -0.2) is 9.78 Å². The quantitative estimate of drug-likeness (QED) is 0.721. The van der Waals surface area contributed by atoms with Crippen molar-refractivity contribution >= 4 is 11.8 Å². The molecule has 0 fully saturated rings. The molecule has 1 aromatic rings. The average Bonchev–Trinajstić information content (AvgIpc) is 2.18. The number of hydrogen-bond acceptors (Lipinski definition) is 2. The van der Waals surface area contributed by atoms with E-state index < -0.39 is 0 Å². The first-order valence-corrected chi connectivity index (χ1v) is 4.20. The van der Waals surface area contributed by atoms with E-state index in [9.17, 15) is 4.79 Å². The Balaban J connectivity index is 2.71. The van der Waals surface area contributed by atoms with Crippen molar-refractivity contribution in [3.05, 3.63) is 23.9 Å². The zero-order valence-corrected chi connectivity index (χ0v) is 7.79. The van der Waals surface area contributed by atoms with Crippen molar-refractivity contribution < 1.29 is 4.79 Å². The first kappa shape index (κ1) is 9.51. The highest BCUT2D eigenvalue weighted by atomic mass is 16.2. The Bertz CT molecular complexity index is 299. The van der Waals surface area contributed by atoms with E-state index in [1.54, 1.807) is 13.2 Å². The molecule has 2 N–H and O–H groups in total. The lowest BCUT2D eigenvalue weighted by molar-refractivity contribution is 0.254. The number of anilines is 1. The van der Waals surface area contributed by atoms with Crippen LogP contribution in [0.3, 0.4) is 0 Å². The summed E-state index contributed by atoms with van der Waals surface area (Å²) in [7, 11) is 1.57. The van der Waals surface area contributed by atoms with Crippen molar-refractivity contribution in [2.75, 3.05) is 12.4 Å². The molecule has 0 aliphatic carbocycles. The molecule has 70 valence electrons. The number of nitrogens with zero attached hydrogens (tertiary/aromatic N) is 1. The van der Waals surface area contributed by atoms with Gasteiger partial charge in [0.2, 0.25) is 0 Å². The van der Waals surface area contributed by atoms with Crippen LogP contribution in [-0.4, -0.2) is 18.1 Å². The molecule has 0 atom stereocenters. The van der Waals surface area contributed by atoms with E-state index in [2.05, 4.69) is 22.5 Å². The van der Waals surface area contributed by atoms with E-state index in [0.717, 1.165) is 12.0 Å². The van der Waals surface area contributed by atoms with E-state index in [1.807, 2.05) is 12.1 Å². The van der Waals surface area contributed by atoms with Crippen LogP contribution in [0.4, 0.5) is 10.6 Å². The second kappa shape index (κ2) is 4.45. The molecule has 4 heteroatoms. The fourth-order valence-corrected chi connectivity index (χ4v) is 0.941. The van der Waals surface area contributed by atoms with Gasteiger partial charge in [-0.1, -0.05) is 6.92 Å². The summed E-state index contributed by atoms with van der Waals surface area (Å²) < 4.78 is 0. The number of carbonyl (C=O) groups excluding carboxylic acids is 1. The zero-order valence-electron chi connectivity index (χ0n) is 7.79. The largest absolute Gasteiger partial charge is 0.341 e. The average molecular weight is 179 g/mol. The van der Waals surface area contributed by atoms with Gasteiger partial charge < -0.3 is 5.32 Å². The van der Waals surface area contributed by atoms with Gasteiger partial charge in [-0.3, -0.25) is 5.32 Å². The van der Waals surface area contributed by atoms with E-state index in [-0.39, 0.29) is 6.03 Å². The number of amides is 2. The molecule has 4 nitrogen and oxygen atoms in total. The number of urea groups is 1. The molecule has 0 bridgehead atoms. The Morgan fingerprint density at radius 1 is 1.62 bits per heavy atom. The minimum atomic E-state index is -0.249. The first-order chi connectivity index (χ1) is 6.26. The monoisotopic (exact) mass is 179 g/mol. The molecule has 2 amide bonds. The Morgan fingerprint density at radius 3 is 3.00 bits per heavy atom. The predicted octanol–water partition coefficient (Wildman–Crippen LogP) is 1.40. The van der Waals surface area contributed by atoms with Crippen LogP contribution in [0.25, 0.3) is 0 Å². The van der Waals surface area contributed by atoms with Crippen LogP contribution in [0, 0.1) is 0 Å². The van der Waals surface area contributed by atoms with E-state index in [4.69, 9.17) is 0 Å². The SMILES string of the molecule is CCc1ccnc(NC(=O)NC)c1. The molecule has 0 saturated carbocycles. The third-order valence-electron chi connectivity index (χ3n) is 1.70. The van der Waals surface area contributed by atoms with Crippen LogP contribution in [-0.2, 0) is 6.42 Å². The number of nitrogens with one attached hydrogen (secondary N) is 2. The van der Waals surface area contributed by atoms with E-state index in [1.165, 1.54) is 0 Å². The predicted molar refractivity (Wildman–Crippen MR) is 51.7 cm³/mol. The van der Waals surface area contributed by atoms with Gasteiger partial charge in [-0.15, -0.1) is 0 Å². The first-order valence-electron chi connectivity index (χ1n) is 4.20. The summed E-state index contributed by atoms with van der Waals surface area (Å²) in [5.74, 6) is 0.582. The van der Waals surface area contributed by atoms with Crippen LogP contribution in [0.1, 0.15) is 12.5 Å². The van der Waals surface area contributed by atoms with Gasteiger partial charge in [0.25, 0.3) is 0 Å². The van der Waals surface area contributed by atoms with E-state index in [0.29, 0.717) is 5.82 Å². The van der Waals surface area contributed by atoms with Crippen LogP contribution >= 0.6 is 0 Å². The molecule has 1 aromatic heterocycles. The van der Waals surface area contributed by atoms with Crippen LogP contribution in [0.15, 0.2) is 18.3 Å². The third-order valence-corrected chi connectivity index (χ3v) is 1.70. The second-order valence-corrected chi connectivity index (χ2v) is 2.61. The summed E-state index contributed by atoms with van der Waals surface area (Å²) >= 11 is 0. The minimum Gasteiger partial charge on any atom is -0.341 e. The molecule has 1 heterocycles. The number of rotatable bonds is 2. The second-order valence-electron chi connectivity index (χ2n) is 2.61. The van der Waals surface area contributed by atoms with Crippen molar-refractivity contribution in [1.82, 2.24) is 10.3 Å². The summed E-state index contributed by atoms with van der Waals surface area (Å²) in [6.07, 6.45) is 2.62. The Morgan fingerprint density at radius 2 is 2.38 bits per heavy atom. The van der Waals surface area contributed by atoms with Gasteiger partial charge in [0.1, 0.15) is 5.82 Å². The fourth-order valence-electron chi connectivity index (χ4n) is 0.941. The molecule has 0 aliphatic heterocycles. The highest BCUT2D eigenvalue weighted by Crippen LogP contribution is 2.06. The summed E-state index contributed by atoms with van der Waals surface area (Å²) in [5, 5.41) is 5.07. The molecular formula is C9H13N3O. The molecular weight excluding hydrogens is 166 g/mol. The molecule has 0 radical (unpaired) electrons. The van der Waals surface area contributed by atoms with Crippen LogP contribution in [0.2, 0.25) is 0 Å². The molecule has 1 rings (SSSR count). The molecule has 13 heavy (non-hydrogen) atoms. The summed E-state index contributed by atoms with van der Waals surface area (Å²) in [6, 6.07) is 3.53. The molecule has 0 unspecified atom stereocenters. The summed E-state index contributed by atoms with van der Waals surface area (Å²) in [6.45, 7) is 2.05. The fraction of sp³-hybridized carbons (Fsp3) is 0.333. The maximum absolute atomic E-state index is 10.9. The molecule has 0 aliphatic rings. The van der Waals surface area contributed by atoms with Crippen LogP contribution < -0.4 is 10.6 Å². The van der Waals surface area contributed by atoms with Crippen molar-refractivity contribution in [2.24, 2.45) is 0 Å². The van der Waals surface area contributed by atoms with Gasteiger partial charge >= 0.3 is 6.03 Å². The number of hydrogen-bond donors (Lipinski definition) is 2. The zero-order chi connectivity index (χ0) is 9.68. The Kier molecular flexibility index (Phi) is 3.25. The lowest BCUT2D eigenvalue weighted by atomic mass is 10.2. The highest BCUT2D eigenvalue weighted by Gasteiger charge is 1.99. The maximum atomic E-state index is 10.9. The third kappa shape index (κ3) is 2.74. The van der Waals surface area contributed by atoms with Crippen molar-refractivity contribution in [2.45, 2.75) is 13.3 Å². The van der Waals surface area contributed by atoms with Gasteiger partial charge in [0.05, 0.1) is 0 Å². The number of aromatic nitrogens is 1. The van der Waals surface area contributed by atoms with Gasteiger partial charge in [-0.2, -0.15) is 0 Å².